The van der Waals surface area contributed by atoms with Crippen molar-refractivity contribution in [2.75, 3.05) is 0 Å². The molecule has 0 heterocycles. The monoisotopic (exact) mass is 342 g/mol. The Hall–Kier alpha value is -2.29. The molecule has 25 heavy (non-hydrogen) atoms. The Balaban J connectivity index is 1.85. The van der Waals surface area contributed by atoms with Gasteiger partial charge in [-0.25, -0.2) is 13.2 Å². The molecule has 0 saturated carbocycles. The third-order valence-corrected chi connectivity index (χ3v) is 4.57. The van der Waals surface area contributed by atoms with Gasteiger partial charge in [-0.1, -0.05) is 56.5 Å². The van der Waals surface area contributed by atoms with Crippen LogP contribution in [0, 0.1) is 17.5 Å². The average molecular weight is 342 g/mol. The molecule has 0 aliphatic rings. The van der Waals surface area contributed by atoms with E-state index in [-0.39, 0.29) is 5.39 Å². The van der Waals surface area contributed by atoms with Crippen LogP contribution in [-0.4, -0.2) is 0 Å². The highest BCUT2D eigenvalue weighted by atomic mass is 19.2. The molecule has 0 aliphatic carbocycles. The number of rotatable bonds is 6. The molecule has 0 fully saturated rings. The first-order chi connectivity index (χ1) is 12.1. The number of benzene rings is 3. The van der Waals surface area contributed by atoms with E-state index < -0.39 is 17.5 Å². The molecule has 0 aromatic heterocycles. The largest absolute Gasteiger partial charge is 0.206 e. The zero-order chi connectivity index (χ0) is 17.8. The second kappa shape index (κ2) is 7.73. The zero-order valence-corrected chi connectivity index (χ0v) is 14.3. The molecule has 0 N–H and O–H groups in total. The van der Waals surface area contributed by atoms with Crippen LogP contribution in [0.4, 0.5) is 13.2 Å². The SMILES string of the molecule is CCCCCCc1ccc(-c2cc(F)c3c(F)c(F)ccc3c2)cc1. The highest BCUT2D eigenvalue weighted by Gasteiger charge is 2.13. The average Bonchev–Trinajstić information content (AvgIpc) is 2.62. The second-order valence-electron chi connectivity index (χ2n) is 6.43. The Morgan fingerprint density at radius 3 is 2.20 bits per heavy atom. The molecule has 0 spiro atoms. The van der Waals surface area contributed by atoms with Gasteiger partial charge < -0.3 is 0 Å². The lowest BCUT2D eigenvalue weighted by Gasteiger charge is -2.08. The van der Waals surface area contributed by atoms with E-state index in [0.717, 1.165) is 18.1 Å². The van der Waals surface area contributed by atoms with Gasteiger partial charge in [0.2, 0.25) is 0 Å². The van der Waals surface area contributed by atoms with Gasteiger partial charge >= 0.3 is 0 Å². The van der Waals surface area contributed by atoms with E-state index in [1.165, 1.54) is 43.4 Å². The summed E-state index contributed by atoms with van der Waals surface area (Å²) in [6, 6.07) is 13.4. The van der Waals surface area contributed by atoms with Crippen molar-refractivity contribution >= 4 is 10.8 Å². The molecule has 0 amide bonds. The first-order valence-electron chi connectivity index (χ1n) is 8.76. The third kappa shape index (κ3) is 3.87. The molecule has 0 bridgehead atoms. The minimum Gasteiger partial charge on any atom is -0.206 e. The molecule has 3 rings (SSSR count). The summed E-state index contributed by atoms with van der Waals surface area (Å²) in [5, 5.41) is 0.0637. The van der Waals surface area contributed by atoms with Gasteiger partial charge in [-0.05, 0) is 53.1 Å². The number of unbranched alkanes of at least 4 members (excludes halogenated alkanes) is 3. The van der Waals surface area contributed by atoms with Gasteiger partial charge in [0.05, 0.1) is 5.39 Å². The highest BCUT2D eigenvalue weighted by Crippen LogP contribution is 2.30. The molecule has 3 heteroatoms. The van der Waals surface area contributed by atoms with Gasteiger partial charge in [0.1, 0.15) is 5.82 Å². The Kier molecular flexibility index (Phi) is 5.42. The second-order valence-corrected chi connectivity index (χ2v) is 6.43. The lowest BCUT2D eigenvalue weighted by atomic mass is 9.98. The van der Waals surface area contributed by atoms with Crippen LogP contribution in [0.15, 0.2) is 48.5 Å². The van der Waals surface area contributed by atoms with Gasteiger partial charge in [0, 0.05) is 0 Å². The predicted molar refractivity (Wildman–Crippen MR) is 97.1 cm³/mol. The molecule has 0 unspecified atom stereocenters. The molecule has 0 atom stereocenters. The number of halogens is 3. The Morgan fingerprint density at radius 2 is 1.48 bits per heavy atom. The van der Waals surface area contributed by atoms with Crippen molar-refractivity contribution < 1.29 is 13.2 Å². The van der Waals surface area contributed by atoms with Crippen molar-refractivity contribution in [3.05, 3.63) is 71.5 Å². The Labute approximate surface area is 146 Å². The van der Waals surface area contributed by atoms with Crippen LogP contribution in [-0.2, 0) is 6.42 Å². The van der Waals surface area contributed by atoms with Gasteiger partial charge in [-0.2, -0.15) is 0 Å². The highest BCUT2D eigenvalue weighted by molar-refractivity contribution is 5.88. The van der Waals surface area contributed by atoms with Gasteiger partial charge in [-0.15, -0.1) is 0 Å². The van der Waals surface area contributed by atoms with E-state index in [9.17, 15) is 13.2 Å². The summed E-state index contributed by atoms with van der Waals surface area (Å²) < 4.78 is 41.4. The van der Waals surface area contributed by atoms with Crippen LogP contribution >= 0.6 is 0 Å². The fourth-order valence-electron chi connectivity index (χ4n) is 3.13. The van der Waals surface area contributed by atoms with Gasteiger partial charge in [0.25, 0.3) is 0 Å². The summed E-state index contributed by atoms with van der Waals surface area (Å²) in [5.74, 6) is -2.91. The molecular weight excluding hydrogens is 321 g/mol. The van der Waals surface area contributed by atoms with Crippen molar-refractivity contribution in [1.29, 1.82) is 0 Å². The maximum atomic E-state index is 14.3. The maximum Gasteiger partial charge on any atom is 0.169 e. The van der Waals surface area contributed by atoms with E-state index in [1.807, 2.05) is 12.1 Å². The molecule has 3 aromatic rings. The van der Waals surface area contributed by atoms with Crippen molar-refractivity contribution in [3.8, 4) is 11.1 Å². The Bertz CT molecular complexity index is 867. The normalized spacial score (nSPS) is 11.2. The van der Waals surface area contributed by atoms with Gasteiger partial charge in [0.15, 0.2) is 11.6 Å². The van der Waals surface area contributed by atoms with Crippen molar-refractivity contribution in [2.45, 2.75) is 39.0 Å². The summed E-state index contributed by atoms with van der Waals surface area (Å²) >= 11 is 0. The van der Waals surface area contributed by atoms with E-state index in [1.54, 1.807) is 6.07 Å². The Morgan fingerprint density at radius 1 is 0.720 bits per heavy atom. The molecule has 0 nitrogen and oxygen atoms in total. The topological polar surface area (TPSA) is 0 Å². The lowest BCUT2D eigenvalue weighted by Crippen LogP contribution is -1.92. The number of fused-ring (bicyclic) bond motifs is 1. The fourth-order valence-corrected chi connectivity index (χ4v) is 3.13. The molecule has 0 aliphatic heterocycles. The minimum atomic E-state index is -1.14. The first-order valence-corrected chi connectivity index (χ1v) is 8.76. The zero-order valence-electron chi connectivity index (χ0n) is 14.3. The van der Waals surface area contributed by atoms with Crippen LogP contribution in [0.5, 0.6) is 0 Å². The van der Waals surface area contributed by atoms with Crippen LogP contribution < -0.4 is 0 Å². The lowest BCUT2D eigenvalue weighted by molar-refractivity contribution is 0.512. The number of hydrogen-bond donors (Lipinski definition) is 0. The maximum absolute atomic E-state index is 14.3. The van der Waals surface area contributed by atoms with E-state index in [4.69, 9.17) is 0 Å². The van der Waals surface area contributed by atoms with E-state index >= 15 is 0 Å². The summed E-state index contributed by atoms with van der Waals surface area (Å²) in [6.07, 6.45) is 5.91. The smallest absolute Gasteiger partial charge is 0.169 e. The summed E-state index contributed by atoms with van der Waals surface area (Å²) in [7, 11) is 0. The summed E-state index contributed by atoms with van der Waals surface area (Å²) in [6.45, 7) is 2.19. The third-order valence-electron chi connectivity index (χ3n) is 4.57. The number of hydrogen-bond acceptors (Lipinski definition) is 0. The van der Waals surface area contributed by atoms with E-state index in [0.29, 0.717) is 10.9 Å². The molecule has 0 saturated heterocycles. The standard InChI is InChI=1S/C22H21F3/c1-2-3-4-5-6-15-7-9-16(10-8-15)18-13-17-11-12-19(23)22(25)21(17)20(24)14-18/h7-14H,2-6H2,1H3. The quantitative estimate of drug-likeness (QED) is 0.421. The number of aryl methyl sites for hydroxylation is 1. The first kappa shape index (κ1) is 17.5. The minimum absolute atomic E-state index is 0.295. The molecular formula is C22H21F3. The predicted octanol–water partition coefficient (Wildman–Crippen LogP) is 7.05. The summed E-state index contributed by atoms with van der Waals surface area (Å²) in [5.41, 5.74) is 2.78. The van der Waals surface area contributed by atoms with Crippen LogP contribution in [0.2, 0.25) is 0 Å². The van der Waals surface area contributed by atoms with Crippen molar-refractivity contribution in [1.82, 2.24) is 0 Å². The molecule has 0 radical (unpaired) electrons. The van der Waals surface area contributed by atoms with Crippen LogP contribution in [0.3, 0.4) is 0 Å². The van der Waals surface area contributed by atoms with Crippen LogP contribution in [0.1, 0.15) is 38.2 Å². The van der Waals surface area contributed by atoms with Crippen molar-refractivity contribution in [3.63, 3.8) is 0 Å². The van der Waals surface area contributed by atoms with Crippen molar-refractivity contribution in [2.24, 2.45) is 0 Å². The summed E-state index contributed by atoms with van der Waals surface area (Å²) in [4.78, 5) is 0. The van der Waals surface area contributed by atoms with Gasteiger partial charge in [-0.3, -0.25) is 0 Å². The molecule has 130 valence electrons. The fraction of sp³-hybridized carbons (Fsp3) is 0.273. The van der Waals surface area contributed by atoms with Crippen LogP contribution in [0.25, 0.3) is 21.9 Å². The molecule has 3 aromatic carbocycles. The van der Waals surface area contributed by atoms with E-state index in [2.05, 4.69) is 19.1 Å².